The average Bonchev–Trinajstić information content (AvgIpc) is 2.46. The van der Waals surface area contributed by atoms with E-state index in [1.165, 1.54) is 0 Å². The fourth-order valence-corrected chi connectivity index (χ4v) is 3.89. The minimum atomic E-state index is -0.290. The Balaban J connectivity index is 2.50. The predicted molar refractivity (Wildman–Crippen MR) is 95.1 cm³/mol. The number of nitrogens with two attached hydrogens (primary N) is 1. The van der Waals surface area contributed by atoms with Crippen LogP contribution in [-0.2, 0) is 0 Å². The van der Waals surface area contributed by atoms with Crippen molar-refractivity contribution in [2.24, 2.45) is 5.73 Å². The summed E-state index contributed by atoms with van der Waals surface area (Å²) in [5, 5.41) is 0. The maximum atomic E-state index is 6.41. The first-order valence-electron chi connectivity index (χ1n) is 6.10. The molecule has 0 bridgehead atoms. The van der Waals surface area contributed by atoms with Gasteiger partial charge in [-0.1, -0.05) is 53.9 Å². The predicted octanol–water partition coefficient (Wildman–Crippen LogP) is 5.04. The van der Waals surface area contributed by atoms with E-state index < -0.39 is 0 Å². The molecular formula is C15H14Br3NO2. The van der Waals surface area contributed by atoms with Gasteiger partial charge in [-0.2, -0.15) is 0 Å². The molecule has 2 aromatic rings. The van der Waals surface area contributed by atoms with Crippen LogP contribution < -0.4 is 15.2 Å². The highest BCUT2D eigenvalue weighted by atomic mass is 79.9. The van der Waals surface area contributed by atoms with Crippen LogP contribution in [-0.4, -0.2) is 14.2 Å². The van der Waals surface area contributed by atoms with Gasteiger partial charge in [0.1, 0.15) is 0 Å². The van der Waals surface area contributed by atoms with E-state index in [-0.39, 0.29) is 6.04 Å². The molecule has 0 heterocycles. The lowest BCUT2D eigenvalue weighted by molar-refractivity contribution is 0.354. The van der Waals surface area contributed by atoms with Crippen LogP contribution in [0.1, 0.15) is 17.2 Å². The van der Waals surface area contributed by atoms with Gasteiger partial charge in [-0.25, -0.2) is 0 Å². The molecule has 1 atom stereocenters. The van der Waals surface area contributed by atoms with Gasteiger partial charge in [0, 0.05) is 13.4 Å². The Morgan fingerprint density at radius 2 is 1.43 bits per heavy atom. The Labute approximate surface area is 149 Å². The summed E-state index contributed by atoms with van der Waals surface area (Å²) in [6, 6.07) is 9.39. The second-order valence-corrected chi connectivity index (χ2v) is 7.00. The Kier molecular flexibility index (Phi) is 5.71. The third-order valence-electron chi connectivity index (χ3n) is 3.14. The first-order chi connectivity index (χ1) is 9.97. The van der Waals surface area contributed by atoms with E-state index in [9.17, 15) is 0 Å². The van der Waals surface area contributed by atoms with Gasteiger partial charge in [0.2, 0.25) is 0 Å². The van der Waals surface area contributed by atoms with Crippen molar-refractivity contribution in [3.63, 3.8) is 0 Å². The standard InChI is InChI=1S/C15H14Br3NO2/c1-20-13-6-10(12(18)7-14(13)21-2)15(19)9-4-3-8(16)5-11(9)17/h3-7,15H,19H2,1-2H3. The number of methoxy groups -OCH3 is 2. The van der Waals surface area contributed by atoms with E-state index in [4.69, 9.17) is 15.2 Å². The summed E-state index contributed by atoms with van der Waals surface area (Å²) < 4.78 is 13.5. The Bertz CT molecular complexity index is 662. The SMILES string of the molecule is COc1cc(Br)c(C(N)c2ccc(Br)cc2Br)cc1OC. The minimum Gasteiger partial charge on any atom is -0.493 e. The maximum Gasteiger partial charge on any atom is 0.161 e. The summed E-state index contributed by atoms with van der Waals surface area (Å²) in [5.74, 6) is 1.31. The van der Waals surface area contributed by atoms with Crippen LogP contribution in [0.4, 0.5) is 0 Å². The largest absolute Gasteiger partial charge is 0.493 e. The molecule has 0 aliphatic carbocycles. The molecule has 2 aromatic carbocycles. The lowest BCUT2D eigenvalue weighted by Crippen LogP contribution is -2.13. The second kappa shape index (κ2) is 7.13. The summed E-state index contributed by atoms with van der Waals surface area (Å²) in [4.78, 5) is 0. The molecule has 0 saturated heterocycles. The third kappa shape index (κ3) is 3.62. The highest BCUT2D eigenvalue weighted by Gasteiger charge is 2.18. The van der Waals surface area contributed by atoms with Gasteiger partial charge < -0.3 is 15.2 Å². The lowest BCUT2D eigenvalue weighted by Gasteiger charge is -2.18. The van der Waals surface area contributed by atoms with E-state index in [1.807, 2.05) is 30.3 Å². The van der Waals surface area contributed by atoms with E-state index in [1.54, 1.807) is 14.2 Å². The van der Waals surface area contributed by atoms with E-state index in [0.29, 0.717) is 11.5 Å². The highest BCUT2D eigenvalue weighted by Crippen LogP contribution is 2.38. The molecule has 0 spiro atoms. The molecule has 3 nitrogen and oxygen atoms in total. The van der Waals surface area contributed by atoms with Crippen molar-refractivity contribution >= 4 is 47.8 Å². The van der Waals surface area contributed by atoms with Gasteiger partial charge in [0.25, 0.3) is 0 Å². The van der Waals surface area contributed by atoms with Crippen molar-refractivity contribution < 1.29 is 9.47 Å². The fraction of sp³-hybridized carbons (Fsp3) is 0.200. The normalized spacial score (nSPS) is 12.1. The maximum absolute atomic E-state index is 6.41. The molecule has 21 heavy (non-hydrogen) atoms. The molecule has 0 aromatic heterocycles. The molecule has 1 unspecified atom stereocenters. The van der Waals surface area contributed by atoms with Gasteiger partial charge in [0.15, 0.2) is 11.5 Å². The molecule has 0 saturated carbocycles. The van der Waals surface area contributed by atoms with Crippen LogP contribution in [0.15, 0.2) is 43.7 Å². The number of halogens is 3. The van der Waals surface area contributed by atoms with Crippen LogP contribution in [0.5, 0.6) is 11.5 Å². The average molecular weight is 480 g/mol. The molecule has 0 aliphatic heterocycles. The molecule has 112 valence electrons. The summed E-state index contributed by atoms with van der Waals surface area (Å²) in [5.41, 5.74) is 8.33. The zero-order valence-corrected chi connectivity index (χ0v) is 16.2. The molecule has 2 N–H and O–H groups in total. The van der Waals surface area contributed by atoms with Gasteiger partial charge in [-0.15, -0.1) is 0 Å². The van der Waals surface area contributed by atoms with Crippen molar-refractivity contribution in [3.05, 3.63) is 54.9 Å². The zero-order chi connectivity index (χ0) is 15.6. The Morgan fingerprint density at radius 1 is 0.857 bits per heavy atom. The number of ether oxygens (including phenoxy) is 2. The molecule has 0 fully saturated rings. The van der Waals surface area contributed by atoms with Gasteiger partial charge in [-0.05, 0) is 35.4 Å². The van der Waals surface area contributed by atoms with Crippen LogP contribution in [0.2, 0.25) is 0 Å². The second-order valence-electron chi connectivity index (χ2n) is 4.37. The smallest absolute Gasteiger partial charge is 0.161 e. The lowest BCUT2D eigenvalue weighted by atomic mass is 9.99. The molecule has 0 radical (unpaired) electrons. The summed E-state index contributed by atoms with van der Waals surface area (Å²) in [7, 11) is 3.21. The highest BCUT2D eigenvalue weighted by molar-refractivity contribution is 9.11. The van der Waals surface area contributed by atoms with E-state index >= 15 is 0 Å². The van der Waals surface area contributed by atoms with E-state index in [2.05, 4.69) is 47.8 Å². The van der Waals surface area contributed by atoms with Gasteiger partial charge in [-0.3, -0.25) is 0 Å². The number of benzene rings is 2. The monoisotopic (exact) mass is 477 g/mol. The van der Waals surface area contributed by atoms with Crippen LogP contribution in [0.3, 0.4) is 0 Å². The number of hydrogen-bond donors (Lipinski definition) is 1. The molecule has 0 aliphatic rings. The zero-order valence-electron chi connectivity index (χ0n) is 11.5. The van der Waals surface area contributed by atoms with Crippen LogP contribution >= 0.6 is 47.8 Å². The summed E-state index contributed by atoms with van der Waals surface area (Å²) >= 11 is 10.5. The number of hydrogen-bond acceptors (Lipinski definition) is 3. The topological polar surface area (TPSA) is 44.5 Å². The quantitative estimate of drug-likeness (QED) is 0.668. The molecule has 2 rings (SSSR count). The van der Waals surface area contributed by atoms with Crippen molar-refractivity contribution in [2.45, 2.75) is 6.04 Å². The van der Waals surface area contributed by atoms with Crippen molar-refractivity contribution in [2.75, 3.05) is 14.2 Å². The minimum absolute atomic E-state index is 0.290. The first kappa shape index (κ1) is 16.8. The van der Waals surface area contributed by atoms with Crippen molar-refractivity contribution in [3.8, 4) is 11.5 Å². The Morgan fingerprint density at radius 3 is 2.00 bits per heavy atom. The third-order valence-corrected chi connectivity index (χ3v) is 5.00. The summed E-state index contributed by atoms with van der Waals surface area (Å²) in [6.07, 6.45) is 0. The Hall–Kier alpha value is -0.560. The van der Waals surface area contributed by atoms with E-state index in [0.717, 1.165) is 24.5 Å². The van der Waals surface area contributed by atoms with Crippen molar-refractivity contribution in [1.82, 2.24) is 0 Å². The van der Waals surface area contributed by atoms with Crippen LogP contribution in [0, 0.1) is 0 Å². The first-order valence-corrected chi connectivity index (χ1v) is 8.47. The molecule has 6 heteroatoms. The van der Waals surface area contributed by atoms with Crippen molar-refractivity contribution in [1.29, 1.82) is 0 Å². The molecule has 0 amide bonds. The van der Waals surface area contributed by atoms with Gasteiger partial charge >= 0.3 is 0 Å². The fourth-order valence-electron chi connectivity index (χ4n) is 2.03. The molecular weight excluding hydrogens is 466 g/mol. The summed E-state index contributed by atoms with van der Waals surface area (Å²) in [6.45, 7) is 0. The van der Waals surface area contributed by atoms with Gasteiger partial charge in [0.05, 0.1) is 20.3 Å². The number of rotatable bonds is 4. The van der Waals surface area contributed by atoms with Crippen LogP contribution in [0.25, 0.3) is 0 Å².